The summed E-state index contributed by atoms with van der Waals surface area (Å²) in [5, 5.41) is 0. The maximum Gasteiger partial charge on any atom is 0.341 e. The summed E-state index contributed by atoms with van der Waals surface area (Å²) in [4.78, 5) is 38.5. The van der Waals surface area contributed by atoms with Gasteiger partial charge in [0.15, 0.2) is 0 Å². The Morgan fingerprint density at radius 1 is 1.37 bits per heavy atom. The molecule has 1 aromatic carbocycles. The number of nitrogens with zero attached hydrogens (tertiary/aromatic N) is 1. The van der Waals surface area contributed by atoms with Gasteiger partial charge in [-0.2, -0.15) is 4.99 Å². The number of benzene rings is 1. The molecule has 0 unspecified atom stereocenters. The number of hydrogen-bond acceptors (Lipinski definition) is 6. The second-order valence-electron chi connectivity index (χ2n) is 7.10. The molecule has 0 N–H and O–H groups in total. The largest absolute Gasteiger partial charge is 0.469 e. The molecule has 1 aliphatic heterocycles. The third-order valence-corrected chi connectivity index (χ3v) is 5.31. The van der Waals surface area contributed by atoms with E-state index in [1.54, 1.807) is 6.08 Å². The number of carbonyl (C=O) groups excluding carboxylic acids is 3. The van der Waals surface area contributed by atoms with Crippen LogP contribution in [0.15, 0.2) is 16.6 Å². The van der Waals surface area contributed by atoms with Gasteiger partial charge in [0.2, 0.25) is 6.08 Å². The van der Waals surface area contributed by atoms with E-state index in [2.05, 4.69) is 9.73 Å². The van der Waals surface area contributed by atoms with Gasteiger partial charge < -0.3 is 9.47 Å². The molecule has 0 bridgehead atoms. The monoisotopic (exact) mass is 369 g/mol. The summed E-state index contributed by atoms with van der Waals surface area (Å²) in [5.74, 6) is -0.244. The summed E-state index contributed by atoms with van der Waals surface area (Å²) in [6, 6.07) is 0. The van der Waals surface area contributed by atoms with Crippen molar-refractivity contribution >= 4 is 23.7 Å². The zero-order chi connectivity index (χ0) is 19.6. The van der Waals surface area contributed by atoms with Crippen molar-refractivity contribution in [3.8, 4) is 0 Å². The first-order chi connectivity index (χ1) is 13.0. The summed E-state index contributed by atoms with van der Waals surface area (Å²) in [7, 11) is 1.37. The van der Waals surface area contributed by atoms with Crippen LogP contribution in [0.3, 0.4) is 0 Å². The Morgan fingerprint density at radius 2 is 2.11 bits per heavy atom. The van der Waals surface area contributed by atoms with Crippen LogP contribution in [0.4, 0.5) is 5.69 Å². The van der Waals surface area contributed by atoms with Crippen LogP contribution in [-0.4, -0.2) is 25.1 Å². The highest BCUT2D eigenvalue weighted by Crippen LogP contribution is 2.49. The zero-order valence-electron chi connectivity index (χ0n) is 15.9. The highest BCUT2D eigenvalue weighted by molar-refractivity contribution is 6.00. The average molecular weight is 369 g/mol. The number of isocyanates is 1. The molecule has 6 heteroatoms. The number of allylic oxidation sites excluding steroid dienone is 2. The number of methoxy groups -OCH3 is 1. The number of aliphatic imine (C=N–C) groups is 1. The number of cyclic esters (lactones) is 1. The summed E-state index contributed by atoms with van der Waals surface area (Å²) < 4.78 is 9.88. The summed E-state index contributed by atoms with van der Waals surface area (Å²) in [5.41, 5.74) is 5.82. The molecule has 1 saturated carbocycles. The van der Waals surface area contributed by atoms with Gasteiger partial charge in [-0.15, -0.1) is 0 Å². The quantitative estimate of drug-likeness (QED) is 0.314. The molecule has 0 amide bonds. The molecule has 1 aliphatic carbocycles. The fourth-order valence-electron chi connectivity index (χ4n) is 3.69. The minimum Gasteiger partial charge on any atom is -0.469 e. The van der Waals surface area contributed by atoms with Gasteiger partial charge in [-0.05, 0) is 62.1 Å². The van der Waals surface area contributed by atoms with Crippen LogP contribution < -0.4 is 0 Å². The summed E-state index contributed by atoms with van der Waals surface area (Å²) in [6.07, 6.45) is 7.28. The van der Waals surface area contributed by atoms with Crippen LogP contribution in [0, 0.1) is 6.92 Å². The molecule has 2 aliphatic rings. The number of esters is 2. The topological polar surface area (TPSA) is 82.0 Å². The smallest absolute Gasteiger partial charge is 0.341 e. The number of rotatable bonds is 7. The maximum absolute atomic E-state index is 12.2. The maximum atomic E-state index is 12.2. The average Bonchev–Trinajstić information content (AvgIpc) is 3.42. The van der Waals surface area contributed by atoms with Crippen LogP contribution in [0.25, 0.3) is 0 Å². The number of hydrogen-bond donors (Lipinski definition) is 0. The molecule has 1 heterocycles. The number of fused-ring (bicyclic) bond motifs is 1. The van der Waals surface area contributed by atoms with E-state index in [0.717, 1.165) is 35.1 Å². The van der Waals surface area contributed by atoms with Crippen molar-refractivity contribution in [2.45, 2.75) is 58.5 Å². The van der Waals surface area contributed by atoms with Gasteiger partial charge in [-0.1, -0.05) is 11.6 Å². The third kappa shape index (κ3) is 3.86. The van der Waals surface area contributed by atoms with Crippen molar-refractivity contribution in [2.24, 2.45) is 4.99 Å². The van der Waals surface area contributed by atoms with Crippen molar-refractivity contribution in [1.82, 2.24) is 0 Å². The van der Waals surface area contributed by atoms with Gasteiger partial charge in [0, 0.05) is 12.0 Å². The van der Waals surface area contributed by atoms with E-state index in [4.69, 9.17) is 4.74 Å². The van der Waals surface area contributed by atoms with Crippen molar-refractivity contribution in [1.29, 1.82) is 0 Å². The molecule has 1 aromatic rings. The Hall–Kier alpha value is -2.72. The molecule has 6 nitrogen and oxygen atoms in total. The Bertz CT molecular complexity index is 873. The van der Waals surface area contributed by atoms with E-state index in [1.807, 2.05) is 19.9 Å². The standard InChI is InChI=1S/C21H23NO5/c1-12(5-9-17(24)26-3)4-8-15-18(14-6-7-14)13(2)16-10-27-21(25)19(16)20(15)22-11-23/h4,14H,5-10H2,1-3H3/b12-4+. The Kier molecular flexibility index (Phi) is 5.57. The zero-order valence-corrected chi connectivity index (χ0v) is 15.9. The fraction of sp³-hybridized carbons (Fsp3) is 0.476. The SMILES string of the molecule is COC(=O)CC/C(C)=C/Cc1c(N=C=O)c2c(c(C)c1C1CC1)COC2=O. The van der Waals surface area contributed by atoms with Crippen molar-refractivity contribution in [3.05, 3.63) is 39.5 Å². The molecule has 0 spiro atoms. The van der Waals surface area contributed by atoms with E-state index in [1.165, 1.54) is 12.7 Å². The molecule has 0 aromatic heterocycles. The predicted molar refractivity (Wildman–Crippen MR) is 98.8 cm³/mol. The van der Waals surface area contributed by atoms with Gasteiger partial charge in [-0.25, -0.2) is 9.59 Å². The number of carbonyl (C=O) groups is 2. The number of ether oxygens (including phenoxy) is 2. The second kappa shape index (κ2) is 7.89. The fourth-order valence-corrected chi connectivity index (χ4v) is 3.69. The van der Waals surface area contributed by atoms with Gasteiger partial charge >= 0.3 is 11.9 Å². The van der Waals surface area contributed by atoms with Crippen LogP contribution in [-0.2, 0) is 32.1 Å². The predicted octanol–water partition coefficient (Wildman–Crippen LogP) is 3.95. The molecule has 0 radical (unpaired) electrons. The molecule has 0 saturated heterocycles. The minimum atomic E-state index is -0.433. The van der Waals surface area contributed by atoms with Crippen molar-refractivity contribution in [2.75, 3.05) is 7.11 Å². The van der Waals surface area contributed by atoms with E-state index >= 15 is 0 Å². The lowest BCUT2D eigenvalue weighted by molar-refractivity contribution is -0.140. The van der Waals surface area contributed by atoms with E-state index < -0.39 is 5.97 Å². The normalized spacial score (nSPS) is 15.8. The summed E-state index contributed by atoms with van der Waals surface area (Å²) in [6.45, 7) is 4.20. The van der Waals surface area contributed by atoms with Crippen LogP contribution in [0.2, 0.25) is 0 Å². The lowest BCUT2D eigenvalue weighted by Gasteiger charge is -2.17. The van der Waals surface area contributed by atoms with Gasteiger partial charge in [-0.3, -0.25) is 4.79 Å². The van der Waals surface area contributed by atoms with Crippen LogP contribution in [0.5, 0.6) is 0 Å². The van der Waals surface area contributed by atoms with Crippen LogP contribution in [0.1, 0.15) is 71.1 Å². The van der Waals surface area contributed by atoms with Gasteiger partial charge in [0.1, 0.15) is 6.61 Å². The van der Waals surface area contributed by atoms with E-state index in [0.29, 0.717) is 36.4 Å². The molecular formula is C21H23NO5. The molecule has 27 heavy (non-hydrogen) atoms. The van der Waals surface area contributed by atoms with Crippen LogP contribution >= 0.6 is 0 Å². The van der Waals surface area contributed by atoms with E-state index in [9.17, 15) is 14.4 Å². The molecule has 1 fully saturated rings. The first-order valence-electron chi connectivity index (χ1n) is 9.13. The molecule has 0 atom stereocenters. The van der Waals surface area contributed by atoms with Crippen molar-refractivity contribution in [3.63, 3.8) is 0 Å². The minimum absolute atomic E-state index is 0.232. The lowest BCUT2D eigenvalue weighted by Crippen LogP contribution is -2.05. The van der Waals surface area contributed by atoms with E-state index in [-0.39, 0.29) is 12.6 Å². The molecule has 3 rings (SSSR count). The summed E-state index contributed by atoms with van der Waals surface area (Å²) >= 11 is 0. The highest BCUT2D eigenvalue weighted by atomic mass is 16.5. The third-order valence-electron chi connectivity index (χ3n) is 5.31. The first kappa shape index (κ1) is 19.1. The lowest BCUT2D eigenvalue weighted by atomic mass is 9.87. The van der Waals surface area contributed by atoms with Crippen molar-refractivity contribution < 1.29 is 23.9 Å². The second-order valence-corrected chi connectivity index (χ2v) is 7.10. The van der Waals surface area contributed by atoms with Gasteiger partial charge in [0.05, 0.1) is 18.4 Å². The van der Waals surface area contributed by atoms with Gasteiger partial charge in [0.25, 0.3) is 0 Å². The Morgan fingerprint density at radius 3 is 2.74 bits per heavy atom. The molecule has 142 valence electrons. The highest BCUT2D eigenvalue weighted by Gasteiger charge is 2.36. The Balaban J connectivity index is 2.02. The molecular weight excluding hydrogens is 346 g/mol. The Labute approximate surface area is 158 Å². The first-order valence-corrected chi connectivity index (χ1v) is 9.13.